The predicted octanol–water partition coefficient (Wildman–Crippen LogP) is 4.17. The summed E-state index contributed by atoms with van der Waals surface area (Å²) in [6, 6.07) is 7.95. The highest BCUT2D eigenvalue weighted by Crippen LogP contribution is 2.29. The molecule has 6 rings (SSSR count). The number of nitrogens with zero attached hydrogens (tertiary/aromatic N) is 6. The number of H-pyrrole nitrogens is 1. The number of imidazole rings is 1. The number of pyridine rings is 3. The maximum atomic E-state index is 13.0. The maximum absolute atomic E-state index is 13.0. The van der Waals surface area contributed by atoms with Crippen molar-refractivity contribution in [3.8, 4) is 0 Å². The number of hydrogen-bond acceptors (Lipinski definition) is 8. The number of nitrogens with one attached hydrogen (secondary N) is 3. The number of anilines is 4. The molecule has 1 aliphatic heterocycles. The zero-order valence-electron chi connectivity index (χ0n) is 20.2. The third kappa shape index (κ3) is 5.23. The molecule has 1 aliphatic carbocycles. The predicted molar refractivity (Wildman–Crippen MR) is 134 cm³/mol. The van der Waals surface area contributed by atoms with Gasteiger partial charge in [0.1, 0.15) is 17.3 Å². The van der Waals surface area contributed by atoms with E-state index in [1.807, 2.05) is 4.90 Å². The number of hydrogen-bond donors (Lipinski definition) is 3. The highest BCUT2D eigenvalue weighted by molar-refractivity contribution is 5.95. The van der Waals surface area contributed by atoms with E-state index >= 15 is 0 Å². The van der Waals surface area contributed by atoms with Gasteiger partial charge in [0.05, 0.1) is 29.1 Å². The number of amides is 1. The minimum Gasteiger partial charge on any atom is -0.339 e. The SMILES string of the molecule is O=C(c1ccnc(Nc2nc3cc(Nc4ccc(C(F)(F)F)nc4)ncc3[nH]2)c1)N1CCN(C2CC2)CC1. The van der Waals surface area contributed by atoms with Gasteiger partial charge < -0.3 is 20.5 Å². The van der Waals surface area contributed by atoms with E-state index in [4.69, 9.17) is 0 Å². The fourth-order valence-corrected chi connectivity index (χ4v) is 4.49. The van der Waals surface area contributed by atoms with Gasteiger partial charge in [-0.25, -0.2) is 19.9 Å². The van der Waals surface area contributed by atoms with E-state index in [2.05, 4.69) is 40.5 Å². The van der Waals surface area contributed by atoms with Crippen LogP contribution in [-0.2, 0) is 6.18 Å². The molecular formula is C25H24F3N9O. The van der Waals surface area contributed by atoms with Crippen molar-refractivity contribution < 1.29 is 18.0 Å². The Kier molecular flexibility index (Phi) is 6.06. The van der Waals surface area contributed by atoms with E-state index in [-0.39, 0.29) is 5.91 Å². The van der Waals surface area contributed by atoms with Crippen molar-refractivity contribution in [2.45, 2.75) is 25.1 Å². The molecule has 1 saturated carbocycles. The van der Waals surface area contributed by atoms with Crippen LogP contribution in [0.2, 0.25) is 0 Å². The van der Waals surface area contributed by atoms with Crippen molar-refractivity contribution in [1.82, 2.24) is 34.7 Å². The largest absolute Gasteiger partial charge is 0.433 e. The fourth-order valence-electron chi connectivity index (χ4n) is 4.49. The minimum absolute atomic E-state index is 0.0202. The summed E-state index contributed by atoms with van der Waals surface area (Å²) in [7, 11) is 0. The van der Waals surface area contributed by atoms with Crippen LogP contribution in [0.5, 0.6) is 0 Å². The molecular weight excluding hydrogens is 499 g/mol. The lowest BCUT2D eigenvalue weighted by molar-refractivity contribution is -0.141. The molecule has 196 valence electrons. The fraction of sp³-hybridized carbons (Fsp3) is 0.320. The zero-order valence-corrected chi connectivity index (χ0v) is 20.2. The van der Waals surface area contributed by atoms with Gasteiger partial charge in [-0.15, -0.1) is 0 Å². The lowest BCUT2D eigenvalue weighted by Gasteiger charge is -2.34. The van der Waals surface area contributed by atoms with Crippen molar-refractivity contribution >= 4 is 40.2 Å². The highest BCUT2D eigenvalue weighted by Gasteiger charge is 2.33. The van der Waals surface area contributed by atoms with Crippen molar-refractivity contribution in [2.75, 3.05) is 36.8 Å². The lowest BCUT2D eigenvalue weighted by Crippen LogP contribution is -2.49. The number of rotatable bonds is 6. The maximum Gasteiger partial charge on any atom is 0.433 e. The van der Waals surface area contributed by atoms with Crippen LogP contribution < -0.4 is 10.6 Å². The van der Waals surface area contributed by atoms with Gasteiger partial charge in [0.15, 0.2) is 0 Å². The van der Waals surface area contributed by atoms with Crippen LogP contribution in [-0.4, -0.2) is 72.8 Å². The van der Waals surface area contributed by atoms with Crippen LogP contribution in [0.1, 0.15) is 28.9 Å². The number of carbonyl (C=O) groups is 1. The summed E-state index contributed by atoms with van der Waals surface area (Å²) in [5, 5.41) is 6.01. The second-order valence-electron chi connectivity index (χ2n) is 9.34. The number of fused-ring (bicyclic) bond motifs is 1. The Morgan fingerprint density at radius 1 is 0.947 bits per heavy atom. The lowest BCUT2D eigenvalue weighted by atomic mass is 10.2. The minimum atomic E-state index is -4.50. The summed E-state index contributed by atoms with van der Waals surface area (Å²) in [4.78, 5) is 37.0. The zero-order chi connectivity index (χ0) is 26.3. The first kappa shape index (κ1) is 24.1. The second kappa shape index (κ2) is 9.56. The van der Waals surface area contributed by atoms with Crippen LogP contribution in [0.25, 0.3) is 11.0 Å². The number of piperazine rings is 1. The number of alkyl halides is 3. The van der Waals surface area contributed by atoms with E-state index < -0.39 is 11.9 Å². The highest BCUT2D eigenvalue weighted by atomic mass is 19.4. The summed E-state index contributed by atoms with van der Waals surface area (Å²) in [6.45, 7) is 3.25. The quantitative estimate of drug-likeness (QED) is 0.345. The molecule has 5 heterocycles. The molecule has 10 nitrogen and oxygen atoms in total. The Bertz CT molecular complexity index is 1460. The summed E-state index contributed by atoms with van der Waals surface area (Å²) >= 11 is 0. The normalized spacial score (nSPS) is 16.6. The first-order valence-corrected chi connectivity index (χ1v) is 12.2. The van der Waals surface area contributed by atoms with Crippen molar-refractivity contribution in [1.29, 1.82) is 0 Å². The molecule has 0 atom stereocenters. The molecule has 0 bridgehead atoms. The summed E-state index contributed by atoms with van der Waals surface area (Å²) in [5.74, 6) is 1.25. The molecule has 0 aromatic carbocycles. The molecule has 4 aromatic heterocycles. The molecule has 2 fully saturated rings. The molecule has 1 saturated heterocycles. The van der Waals surface area contributed by atoms with E-state index in [0.29, 0.717) is 45.9 Å². The summed E-state index contributed by atoms with van der Waals surface area (Å²) in [6.07, 6.45) is 2.27. The summed E-state index contributed by atoms with van der Waals surface area (Å²) < 4.78 is 38.2. The third-order valence-corrected chi connectivity index (χ3v) is 6.61. The van der Waals surface area contributed by atoms with Gasteiger partial charge in [-0.05, 0) is 37.1 Å². The monoisotopic (exact) mass is 523 g/mol. The van der Waals surface area contributed by atoms with Crippen molar-refractivity contribution in [3.05, 3.63) is 60.2 Å². The molecule has 0 spiro atoms. The average molecular weight is 524 g/mol. The number of halogens is 3. The van der Waals surface area contributed by atoms with Crippen LogP contribution in [0, 0.1) is 0 Å². The van der Waals surface area contributed by atoms with E-state index in [9.17, 15) is 18.0 Å². The molecule has 0 unspecified atom stereocenters. The van der Waals surface area contributed by atoms with Crippen molar-refractivity contribution in [3.63, 3.8) is 0 Å². The molecule has 0 radical (unpaired) electrons. The van der Waals surface area contributed by atoms with Crippen LogP contribution in [0.4, 0.5) is 36.4 Å². The van der Waals surface area contributed by atoms with Crippen LogP contribution in [0.15, 0.2) is 48.9 Å². The Balaban J connectivity index is 1.12. The van der Waals surface area contributed by atoms with Gasteiger partial charge in [-0.1, -0.05) is 0 Å². The Morgan fingerprint density at radius 3 is 2.45 bits per heavy atom. The Hall–Kier alpha value is -4.26. The summed E-state index contributed by atoms with van der Waals surface area (Å²) in [5.41, 5.74) is 1.16. The van der Waals surface area contributed by atoms with Crippen LogP contribution >= 0.6 is 0 Å². The van der Waals surface area contributed by atoms with E-state index in [0.717, 1.165) is 38.4 Å². The van der Waals surface area contributed by atoms with Gasteiger partial charge >= 0.3 is 6.18 Å². The third-order valence-electron chi connectivity index (χ3n) is 6.61. The molecule has 1 amide bonds. The average Bonchev–Trinajstić information content (AvgIpc) is 3.69. The van der Waals surface area contributed by atoms with Gasteiger partial charge in [0, 0.05) is 50.0 Å². The Morgan fingerprint density at radius 2 is 1.74 bits per heavy atom. The van der Waals surface area contributed by atoms with Gasteiger partial charge in [-0.2, -0.15) is 13.2 Å². The molecule has 38 heavy (non-hydrogen) atoms. The number of aromatic amines is 1. The topological polar surface area (TPSA) is 115 Å². The first-order valence-electron chi connectivity index (χ1n) is 12.2. The number of carbonyl (C=O) groups excluding carboxylic acids is 1. The van der Waals surface area contributed by atoms with E-state index in [1.165, 1.54) is 18.9 Å². The second-order valence-corrected chi connectivity index (χ2v) is 9.34. The smallest absolute Gasteiger partial charge is 0.339 e. The van der Waals surface area contributed by atoms with Gasteiger partial charge in [0.2, 0.25) is 5.95 Å². The van der Waals surface area contributed by atoms with Crippen LogP contribution in [0.3, 0.4) is 0 Å². The Labute approximate surface area is 215 Å². The van der Waals surface area contributed by atoms with Crippen molar-refractivity contribution in [2.24, 2.45) is 0 Å². The van der Waals surface area contributed by atoms with Gasteiger partial charge in [0.25, 0.3) is 5.91 Å². The van der Waals surface area contributed by atoms with Gasteiger partial charge in [-0.3, -0.25) is 9.69 Å². The standard InChI is InChI=1S/C25H24F3N9O/c26-25(27,28)20-4-1-16(13-30-20)32-22-12-18-19(14-31-22)34-24(33-18)35-21-11-15(5-6-29-21)23(38)37-9-7-36(8-10-37)17-2-3-17/h1,4-6,11-14,17H,2-3,7-10H2,(H,31,32)(H2,29,33,34,35). The first-order chi connectivity index (χ1) is 18.3. The molecule has 2 aliphatic rings. The van der Waals surface area contributed by atoms with E-state index in [1.54, 1.807) is 30.6 Å². The molecule has 4 aromatic rings. The molecule has 13 heteroatoms. The number of aromatic nitrogens is 5. The molecule has 3 N–H and O–H groups in total.